The van der Waals surface area contributed by atoms with Gasteiger partial charge in [-0.3, -0.25) is 0 Å². The molecule has 0 saturated carbocycles. The maximum atomic E-state index is 3.76. The first-order chi connectivity index (χ1) is 6.07. The summed E-state index contributed by atoms with van der Waals surface area (Å²) in [6, 6.07) is 7.80. The predicted octanol–water partition coefficient (Wildman–Crippen LogP) is 2.48. The van der Waals surface area contributed by atoms with E-state index in [9.17, 15) is 0 Å². The number of hydrogen-bond donors (Lipinski definition) is 0. The normalized spacial score (nSPS) is 8.46. The van der Waals surface area contributed by atoms with Crippen LogP contribution in [0.25, 0.3) is 13.2 Å². The summed E-state index contributed by atoms with van der Waals surface area (Å²) >= 11 is 0. The minimum Gasteiger partial charge on any atom is -0.100 e. The van der Waals surface area contributed by atoms with Crippen LogP contribution in [0.2, 0.25) is 0 Å². The van der Waals surface area contributed by atoms with Crippen molar-refractivity contribution in [2.24, 2.45) is 0 Å². The topological polar surface area (TPSA) is 0 Å². The van der Waals surface area contributed by atoms with Gasteiger partial charge in [0.15, 0.2) is 0 Å². The molecule has 0 bridgehead atoms. The summed E-state index contributed by atoms with van der Waals surface area (Å²) in [7, 11) is 0. The highest BCUT2D eigenvalue weighted by Gasteiger charge is 1.71. The fraction of sp³-hybridized carbons (Fsp3) is 0.231. The minimum atomic E-state index is 1.01. The highest BCUT2D eigenvalue weighted by Crippen LogP contribution is 1.88. The van der Waals surface area contributed by atoms with Crippen LogP contribution in [-0.4, -0.2) is 0 Å². The summed E-state index contributed by atoms with van der Waals surface area (Å²) in [4.78, 5) is 0. The first-order valence-electron chi connectivity index (χ1n) is 4.45. The average Bonchev–Trinajstić information content (AvgIpc) is 2.11. The Morgan fingerprint density at radius 2 is 1.46 bits per heavy atom. The summed E-state index contributed by atoms with van der Waals surface area (Å²) in [5.74, 6) is 0. The van der Waals surface area contributed by atoms with Crippen molar-refractivity contribution in [1.82, 2.24) is 0 Å². The third kappa shape index (κ3) is 5.92. The highest BCUT2D eigenvalue weighted by molar-refractivity contribution is 5.15. The third-order valence-corrected chi connectivity index (χ3v) is 1.72. The van der Waals surface area contributed by atoms with Crippen LogP contribution < -0.4 is 10.4 Å². The van der Waals surface area contributed by atoms with E-state index < -0.39 is 0 Å². The summed E-state index contributed by atoms with van der Waals surface area (Å²) in [5, 5.41) is 2.01. The smallest absolute Gasteiger partial charge is 0.0262 e. The minimum absolute atomic E-state index is 1.01. The molecule has 0 aromatic heterocycles. The van der Waals surface area contributed by atoms with Gasteiger partial charge < -0.3 is 0 Å². The largest absolute Gasteiger partial charge is 0.100 e. The second-order valence-corrected chi connectivity index (χ2v) is 3.08. The second-order valence-electron chi connectivity index (χ2n) is 3.08. The monoisotopic (exact) mass is 174 g/mol. The van der Waals surface area contributed by atoms with Gasteiger partial charge in [-0.15, -0.1) is 6.58 Å². The zero-order valence-electron chi connectivity index (χ0n) is 8.64. The molecule has 0 fully saturated rings. The van der Waals surface area contributed by atoms with Crippen molar-refractivity contribution in [1.29, 1.82) is 0 Å². The van der Waals surface area contributed by atoms with E-state index in [1.807, 2.05) is 31.2 Å². The Hall–Kier alpha value is -1.30. The van der Waals surface area contributed by atoms with Crippen LogP contribution in [0.5, 0.6) is 0 Å². The molecule has 0 aliphatic heterocycles. The van der Waals surface area contributed by atoms with Crippen LogP contribution in [0.1, 0.15) is 20.3 Å². The van der Waals surface area contributed by atoms with Crippen LogP contribution in [0.15, 0.2) is 36.4 Å². The lowest BCUT2D eigenvalue weighted by atomic mass is 10.3. The van der Waals surface area contributed by atoms with Crippen molar-refractivity contribution >= 4 is 13.2 Å². The molecule has 0 amide bonds. The van der Waals surface area contributed by atoms with Crippen LogP contribution in [0.4, 0.5) is 0 Å². The molecule has 0 heteroatoms. The molecule has 0 aliphatic rings. The van der Waals surface area contributed by atoms with Crippen molar-refractivity contribution < 1.29 is 0 Å². The van der Waals surface area contributed by atoms with Crippen molar-refractivity contribution in [3.63, 3.8) is 0 Å². The lowest BCUT2D eigenvalue weighted by Crippen LogP contribution is -2.19. The van der Waals surface area contributed by atoms with Crippen molar-refractivity contribution in [2.45, 2.75) is 20.3 Å². The van der Waals surface area contributed by atoms with Crippen LogP contribution >= 0.6 is 0 Å². The van der Waals surface area contributed by atoms with Gasteiger partial charge in [0.2, 0.25) is 0 Å². The lowest BCUT2D eigenvalue weighted by molar-refractivity contribution is 1.11. The highest BCUT2D eigenvalue weighted by atomic mass is 13.8. The van der Waals surface area contributed by atoms with E-state index in [1.54, 1.807) is 0 Å². The van der Waals surface area contributed by atoms with E-state index in [4.69, 9.17) is 0 Å². The average molecular weight is 174 g/mol. The van der Waals surface area contributed by atoms with E-state index in [0.717, 1.165) is 16.9 Å². The Kier molecular flexibility index (Phi) is 5.62. The molecule has 0 N–H and O–H groups in total. The van der Waals surface area contributed by atoms with Crippen molar-refractivity contribution in [3.8, 4) is 0 Å². The fourth-order valence-corrected chi connectivity index (χ4v) is 0.557. The third-order valence-electron chi connectivity index (χ3n) is 1.72. The number of hydrogen-bond acceptors (Lipinski definition) is 0. The van der Waals surface area contributed by atoms with E-state index in [2.05, 4.69) is 26.7 Å². The summed E-state index contributed by atoms with van der Waals surface area (Å²) in [6.07, 6.45) is 1.11. The molecule has 0 unspecified atom stereocenters. The molecule has 70 valence electrons. The Labute approximate surface area is 80.9 Å². The van der Waals surface area contributed by atoms with Gasteiger partial charge in [-0.1, -0.05) is 49.9 Å². The molecule has 0 aliphatic carbocycles. The molecule has 0 atom stereocenters. The number of allylic oxidation sites excluding steroid dienone is 1. The maximum Gasteiger partial charge on any atom is -0.0262 e. The van der Waals surface area contributed by atoms with Gasteiger partial charge in [0.25, 0.3) is 0 Å². The predicted molar refractivity (Wildman–Crippen MR) is 61.8 cm³/mol. The number of benzene rings is 1. The second kappa shape index (κ2) is 6.24. The Bertz CT molecular complexity index is 318. The summed E-state index contributed by atoms with van der Waals surface area (Å²) in [6.45, 7) is 15.3. The quantitative estimate of drug-likeness (QED) is 0.574. The van der Waals surface area contributed by atoms with Gasteiger partial charge in [-0.05, 0) is 23.8 Å². The first kappa shape index (κ1) is 11.7. The zero-order valence-corrected chi connectivity index (χ0v) is 8.64. The molecule has 1 rings (SSSR count). The van der Waals surface area contributed by atoms with Gasteiger partial charge in [0, 0.05) is 0 Å². The molecular formula is C13H18. The summed E-state index contributed by atoms with van der Waals surface area (Å²) < 4.78 is 0. The van der Waals surface area contributed by atoms with Crippen molar-refractivity contribution in [2.75, 3.05) is 0 Å². The Morgan fingerprint density at radius 3 is 1.62 bits per heavy atom. The maximum absolute atomic E-state index is 3.76. The van der Waals surface area contributed by atoms with E-state index in [-0.39, 0.29) is 0 Å². The molecule has 0 saturated heterocycles. The van der Waals surface area contributed by atoms with Crippen LogP contribution in [0.3, 0.4) is 0 Å². The molecular weight excluding hydrogens is 156 g/mol. The van der Waals surface area contributed by atoms with Crippen LogP contribution in [0, 0.1) is 0 Å². The number of rotatable bonds is 1. The van der Waals surface area contributed by atoms with E-state index in [1.165, 1.54) is 5.57 Å². The molecule has 1 aromatic carbocycles. The standard InChI is InChI=1S/C8H8.C5H10/c1-7-5-3-4-6-8(7)2;1-4-5(2)3/h3-6H,1-2H2;2,4H2,1,3H3. The van der Waals surface area contributed by atoms with Gasteiger partial charge in [0.05, 0.1) is 0 Å². The molecule has 0 radical (unpaired) electrons. The zero-order chi connectivity index (χ0) is 10.3. The van der Waals surface area contributed by atoms with E-state index in [0.29, 0.717) is 0 Å². The summed E-state index contributed by atoms with van der Waals surface area (Å²) in [5.41, 5.74) is 1.25. The Morgan fingerprint density at radius 1 is 1.15 bits per heavy atom. The lowest BCUT2D eigenvalue weighted by Gasteiger charge is -1.79. The SMILES string of the molecule is C=C(C)CC.C=c1ccccc1=C. The molecule has 0 nitrogen and oxygen atoms in total. The van der Waals surface area contributed by atoms with Crippen LogP contribution in [-0.2, 0) is 0 Å². The Balaban J connectivity index is 0.000000252. The van der Waals surface area contributed by atoms with Crippen molar-refractivity contribution in [3.05, 3.63) is 46.9 Å². The molecule has 13 heavy (non-hydrogen) atoms. The van der Waals surface area contributed by atoms with E-state index >= 15 is 0 Å². The molecule has 0 spiro atoms. The first-order valence-corrected chi connectivity index (χ1v) is 4.45. The molecule has 0 heterocycles. The van der Waals surface area contributed by atoms with Gasteiger partial charge in [0.1, 0.15) is 0 Å². The van der Waals surface area contributed by atoms with Gasteiger partial charge >= 0.3 is 0 Å². The molecule has 1 aromatic rings. The fourth-order valence-electron chi connectivity index (χ4n) is 0.557. The van der Waals surface area contributed by atoms with Gasteiger partial charge in [-0.25, -0.2) is 0 Å². The van der Waals surface area contributed by atoms with Gasteiger partial charge in [-0.2, -0.15) is 0 Å².